The molecule has 0 aromatic heterocycles. The molecule has 2 N–H and O–H groups in total. The van der Waals surface area contributed by atoms with Gasteiger partial charge in [-0.3, -0.25) is 14.9 Å². The largest absolute Gasteiger partial charge is 0.366 e. The average Bonchev–Trinajstić information content (AvgIpc) is 2.15. The van der Waals surface area contributed by atoms with Gasteiger partial charge in [0, 0.05) is 23.3 Å². The minimum atomic E-state index is -0.748. The lowest BCUT2D eigenvalue weighted by Crippen LogP contribution is -2.05. The van der Waals surface area contributed by atoms with Gasteiger partial charge in [-0.05, 0) is 19.1 Å². The highest BCUT2D eigenvalue weighted by atomic mass is 19.1. The number of nitro groups is 1. The Bertz CT molecular complexity index is 483. The van der Waals surface area contributed by atoms with Crippen LogP contribution in [0.2, 0.25) is 0 Å². The van der Waals surface area contributed by atoms with Gasteiger partial charge in [0.25, 0.3) is 5.69 Å². The Morgan fingerprint density at radius 3 is 2.69 bits per heavy atom. The van der Waals surface area contributed by atoms with Crippen molar-refractivity contribution in [2.24, 2.45) is 5.73 Å². The fourth-order valence-corrected chi connectivity index (χ4v) is 1.17. The minimum Gasteiger partial charge on any atom is -0.366 e. The predicted octanol–water partition coefficient (Wildman–Crippen LogP) is 1.54. The van der Waals surface area contributed by atoms with Crippen LogP contribution in [0, 0.1) is 22.9 Å². The molecule has 0 bridgehead atoms. The van der Waals surface area contributed by atoms with Gasteiger partial charge in [-0.25, -0.2) is 4.39 Å². The van der Waals surface area contributed by atoms with Crippen molar-refractivity contribution >= 4 is 17.7 Å². The van der Waals surface area contributed by atoms with Gasteiger partial charge in [-0.1, -0.05) is 0 Å². The number of nitro benzene ring substituents is 1. The summed E-state index contributed by atoms with van der Waals surface area (Å²) >= 11 is 0. The first-order valence-corrected chi connectivity index (χ1v) is 4.34. The summed E-state index contributed by atoms with van der Waals surface area (Å²) in [6, 6.07) is 2.10. The molecule has 5 nitrogen and oxygen atoms in total. The van der Waals surface area contributed by atoms with E-state index in [1.807, 2.05) is 0 Å². The molecular formula is C10H9FN2O3. The topological polar surface area (TPSA) is 86.2 Å². The van der Waals surface area contributed by atoms with Gasteiger partial charge in [0.05, 0.1) is 4.92 Å². The molecule has 1 amide bonds. The molecule has 16 heavy (non-hydrogen) atoms. The Morgan fingerprint density at radius 2 is 2.19 bits per heavy atom. The van der Waals surface area contributed by atoms with Gasteiger partial charge >= 0.3 is 0 Å². The van der Waals surface area contributed by atoms with Crippen molar-refractivity contribution in [3.63, 3.8) is 0 Å². The number of aryl methyl sites for hydroxylation is 1. The van der Waals surface area contributed by atoms with E-state index in [9.17, 15) is 19.3 Å². The summed E-state index contributed by atoms with van der Waals surface area (Å²) in [4.78, 5) is 20.4. The molecule has 0 aliphatic heterocycles. The first kappa shape index (κ1) is 11.8. The third-order valence-electron chi connectivity index (χ3n) is 1.94. The second-order valence-electron chi connectivity index (χ2n) is 3.15. The molecule has 0 heterocycles. The molecule has 0 aliphatic rings. The van der Waals surface area contributed by atoms with Gasteiger partial charge in [0.2, 0.25) is 5.91 Å². The summed E-state index contributed by atoms with van der Waals surface area (Å²) in [7, 11) is 0. The maximum absolute atomic E-state index is 13.3. The quantitative estimate of drug-likeness (QED) is 0.480. The van der Waals surface area contributed by atoms with Crippen molar-refractivity contribution in [1.29, 1.82) is 0 Å². The number of rotatable bonds is 3. The summed E-state index contributed by atoms with van der Waals surface area (Å²) in [5.41, 5.74) is 4.81. The van der Waals surface area contributed by atoms with Crippen LogP contribution in [0.4, 0.5) is 10.1 Å². The lowest BCUT2D eigenvalue weighted by Gasteiger charge is -2.00. The average molecular weight is 224 g/mol. The third kappa shape index (κ3) is 2.63. The monoisotopic (exact) mass is 224 g/mol. The first-order valence-electron chi connectivity index (χ1n) is 4.34. The van der Waals surface area contributed by atoms with Gasteiger partial charge in [-0.2, -0.15) is 0 Å². The minimum absolute atomic E-state index is 0.0453. The number of benzene rings is 1. The molecule has 6 heteroatoms. The summed E-state index contributed by atoms with van der Waals surface area (Å²) in [5, 5.41) is 10.6. The summed E-state index contributed by atoms with van der Waals surface area (Å²) in [5.74, 6) is -1.39. The van der Waals surface area contributed by atoms with E-state index >= 15 is 0 Å². The van der Waals surface area contributed by atoms with Gasteiger partial charge in [0.15, 0.2) is 0 Å². The number of hydrogen-bond acceptors (Lipinski definition) is 3. The number of hydrogen-bond donors (Lipinski definition) is 1. The molecule has 0 fully saturated rings. The molecule has 1 aromatic carbocycles. The zero-order chi connectivity index (χ0) is 12.3. The predicted molar refractivity (Wildman–Crippen MR) is 56.0 cm³/mol. The number of nitrogens with two attached hydrogens (primary N) is 1. The molecule has 0 saturated heterocycles. The van der Waals surface area contributed by atoms with Crippen molar-refractivity contribution in [3.8, 4) is 0 Å². The standard InChI is InChI=1S/C10H9FN2O3/c1-6-4-8(11)7(2-3-10(12)14)5-9(6)13(15)16/h2-5H,1H3,(H2,12,14). The molecule has 84 valence electrons. The molecule has 0 spiro atoms. The maximum Gasteiger partial charge on any atom is 0.273 e. The highest BCUT2D eigenvalue weighted by Gasteiger charge is 2.13. The lowest BCUT2D eigenvalue weighted by atomic mass is 10.1. The smallest absolute Gasteiger partial charge is 0.273 e. The Morgan fingerprint density at radius 1 is 1.56 bits per heavy atom. The van der Waals surface area contributed by atoms with Crippen LogP contribution in [0.1, 0.15) is 11.1 Å². The van der Waals surface area contributed by atoms with E-state index in [2.05, 4.69) is 0 Å². The maximum atomic E-state index is 13.3. The third-order valence-corrected chi connectivity index (χ3v) is 1.94. The van der Waals surface area contributed by atoms with Gasteiger partial charge in [0.1, 0.15) is 5.82 Å². The van der Waals surface area contributed by atoms with Crippen LogP contribution in [0.5, 0.6) is 0 Å². The van der Waals surface area contributed by atoms with Crippen LogP contribution in [0.25, 0.3) is 6.08 Å². The van der Waals surface area contributed by atoms with Crippen molar-refractivity contribution in [2.75, 3.05) is 0 Å². The van der Waals surface area contributed by atoms with Crippen LogP contribution in [-0.4, -0.2) is 10.8 Å². The van der Waals surface area contributed by atoms with Crippen LogP contribution in [-0.2, 0) is 4.79 Å². The van der Waals surface area contributed by atoms with E-state index in [-0.39, 0.29) is 16.8 Å². The molecule has 0 unspecified atom stereocenters. The zero-order valence-electron chi connectivity index (χ0n) is 8.44. The Kier molecular flexibility index (Phi) is 3.34. The van der Waals surface area contributed by atoms with Crippen molar-refractivity contribution < 1.29 is 14.1 Å². The molecule has 1 rings (SSSR count). The molecule has 0 radical (unpaired) electrons. The van der Waals surface area contributed by atoms with Gasteiger partial charge < -0.3 is 5.73 Å². The second-order valence-corrected chi connectivity index (χ2v) is 3.15. The number of halogens is 1. The first-order chi connectivity index (χ1) is 7.41. The Labute approximate surface area is 90.5 Å². The number of carbonyl (C=O) groups excluding carboxylic acids is 1. The Hall–Kier alpha value is -2.24. The number of carbonyl (C=O) groups is 1. The number of amides is 1. The highest BCUT2D eigenvalue weighted by Crippen LogP contribution is 2.22. The molecule has 0 aliphatic carbocycles. The fourth-order valence-electron chi connectivity index (χ4n) is 1.17. The Balaban J connectivity index is 3.25. The fraction of sp³-hybridized carbons (Fsp3) is 0.100. The highest BCUT2D eigenvalue weighted by molar-refractivity contribution is 5.90. The molecule has 0 atom stereocenters. The van der Waals surface area contributed by atoms with Crippen LogP contribution in [0.3, 0.4) is 0 Å². The van der Waals surface area contributed by atoms with Crippen LogP contribution in [0.15, 0.2) is 18.2 Å². The van der Waals surface area contributed by atoms with Gasteiger partial charge in [-0.15, -0.1) is 0 Å². The summed E-state index contributed by atoms with van der Waals surface area (Å²) < 4.78 is 13.3. The SMILES string of the molecule is Cc1cc(F)c(C=CC(N)=O)cc1[N+](=O)[O-]. The van der Waals surface area contributed by atoms with Crippen molar-refractivity contribution in [3.05, 3.63) is 45.3 Å². The van der Waals surface area contributed by atoms with Crippen molar-refractivity contribution in [2.45, 2.75) is 6.92 Å². The van der Waals surface area contributed by atoms with Crippen molar-refractivity contribution in [1.82, 2.24) is 0 Å². The molecular weight excluding hydrogens is 215 g/mol. The van der Waals surface area contributed by atoms with E-state index in [1.165, 1.54) is 6.92 Å². The number of primary amides is 1. The number of nitrogens with zero attached hydrogens (tertiary/aromatic N) is 1. The normalized spacial score (nSPS) is 10.6. The summed E-state index contributed by atoms with van der Waals surface area (Å²) in [6.07, 6.45) is 2.04. The van der Waals surface area contributed by atoms with E-state index in [4.69, 9.17) is 5.73 Å². The van der Waals surface area contributed by atoms with E-state index in [1.54, 1.807) is 0 Å². The van der Waals surface area contributed by atoms with E-state index in [0.29, 0.717) is 0 Å². The summed E-state index contributed by atoms with van der Waals surface area (Å²) in [6.45, 7) is 1.43. The zero-order valence-corrected chi connectivity index (χ0v) is 8.44. The molecule has 0 saturated carbocycles. The van der Waals surface area contributed by atoms with E-state index in [0.717, 1.165) is 24.3 Å². The van der Waals surface area contributed by atoms with E-state index < -0.39 is 16.6 Å². The second kappa shape index (κ2) is 4.52. The lowest BCUT2D eigenvalue weighted by molar-refractivity contribution is -0.385. The molecule has 1 aromatic rings. The van der Waals surface area contributed by atoms with Crippen LogP contribution < -0.4 is 5.73 Å². The van der Waals surface area contributed by atoms with Crippen LogP contribution >= 0.6 is 0 Å².